The first-order valence-electron chi connectivity index (χ1n) is 30.1. The average Bonchev–Trinajstić information content (AvgIpc) is 1.79. The molecule has 4 N–H and O–H groups in total. The van der Waals surface area contributed by atoms with Crippen molar-refractivity contribution >= 4 is 57.1 Å². The number of carbonyl (C=O) groups is 6. The molecule has 3 aromatic carbocycles. The minimum atomic E-state index is -1.87. The van der Waals surface area contributed by atoms with Crippen LogP contribution in [0.15, 0.2) is 137 Å². The van der Waals surface area contributed by atoms with E-state index in [0.29, 0.717) is 59.5 Å². The molecule has 0 aromatic heterocycles. The molecule has 93 heavy (non-hydrogen) atoms. The standard InChI is InChI=1S/C24H27FO8.C19H23FO6.C14H14O2.C11H16BrFO5/c1-13-23(31-15(3)27)21(25)20(12-30-14(2)26)33-24(13)32-19-7-5-6-18(19)22(28)16-8-10-17(29-4)11-9-16;1-24-13-7-5-11(6-8-13)9-12-3-2-4-14(12)25-19-18(23)17(22)16(20)15(10-21)26-19;1-2-10-6-8-11(9-7-10)14(16)12-4-3-5-13(12)15;1-5-10(17-7(3)15)9(13)8(18-11(5)12)4-16-6(2)14/h5,7-11,13,20-21,23-24H,6,12H2,1-4H3;2,4-8,15-19,21-23H,3,9-10H2,1H3;3,5-9,16H,2,4H2,1H3;5,8-11H,4H2,1-3H3. The van der Waals surface area contributed by atoms with Crippen LogP contribution in [0.2, 0.25) is 0 Å². The smallest absolute Gasteiger partial charge is 0.303 e. The van der Waals surface area contributed by atoms with Crippen LogP contribution in [-0.4, -0.2) is 169 Å². The summed E-state index contributed by atoms with van der Waals surface area (Å²) in [6.45, 7) is 9.06. The summed E-state index contributed by atoms with van der Waals surface area (Å²) < 4.78 is 101. The maximum atomic E-state index is 15.0. The van der Waals surface area contributed by atoms with Crippen LogP contribution >= 0.6 is 15.9 Å². The molecule has 0 amide bonds. The van der Waals surface area contributed by atoms with Crippen LogP contribution in [-0.2, 0) is 79.4 Å². The SMILES string of the molecule is CC(=O)OCC1OC(Br)C(C)C(OC(C)=O)C1F.CCc1ccc(C(O)=C2CC=CC2=O)cc1.COc1ccc(C(=O)C2=C(OC3OC(COC(C)=O)C(F)C(OC(C)=O)C3C)C=CC2)cc1.COc1ccc(CC2=C(OC3OC(CO)C(F)C(O)C3O)C=CC2)cc1. The van der Waals surface area contributed by atoms with E-state index in [1.807, 2.05) is 54.6 Å². The molecule has 3 aliphatic heterocycles. The molecular formula is C68H80BrF3O21. The molecule has 9 rings (SSSR count). The fourth-order valence-electron chi connectivity index (χ4n) is 10.2. The van der Waals surface area contributed by atoms with Gasteiger partial charge < -0.3 is 72.5 Å². The van der Waals surface area contributed by atoms with Crippen molar-refractivity contribution in [2.45, 2.75) is 159 Å². The minimum absolute atomic E-state index is 0.0860. The first-order chi connectivity index (χ1) is 44.3. The van der Waals surface area contributed by atoms with Gasteiger partial charge in [-0.15, -0.1) is 0 Å². The third-order valence-electron chi connectivity index (χ3n) is 15.5. The van der Waals surface area contributed by atoms with E-state index in [1.165, 1.54) is 46.4 Å². The summed E-state index contributed by atoms with van der Waals surface area (Å²) in [6, 6.07) is 22.0. The highest BCUT2D eigenvalue weighted by molar-refractivity contribution is 9.09. The Balaban J connectivity index is 0.000000205. The molecule has 3 heterocycles. The number of ether oxygens (including phenoxy) is 11. The summed E-state index contributed by atoms with van der Waals surface area (Å²) in [5, 5.41) is 38.5. The van der Waals surface area contributed by atoms with Gasteiger partial charge in [0, 0.05) is 55.9 Å². The van der Waals surface area contributed by atoms with E-state index in [9.17, 15) is 58.0 Å². The van der Waals surface area contributed by atoms with Crippen LogP contribution in [0, 0.1) is 11.8 Å². The number of aryl methyl sites for hydroxylation is 1. The Morgan fingerprint density at radius 3 is 1.61 bits per heavy atom. The highest BCUT2D eigenvalue weighted by atomic mass is 79.9. The van der Waals surface area contributed by atoms with Crippen molar-refractivity contribution in [3.05, 3.63) is 160 Å². The van der Waals surface area contributed by atoms with E-state index in [1.54, 1.807) is 69.5 Å². The highest BCUT2D eigenvalue weighted by Crippen LogP contribution is 2.37. The number of alkyl halides is 4. The number of aliphatic hydroxyl groups excluding tert-OH is 4. The molecule has 506 valence electrons. The summed E-state index contributed by atoms with van der Waals surface area (Å²) in [6.07, 6.45) is -2.57. The van der Waals surface area contributed by atoms with Gasteiger partial charge in [-0.2, -0.15) is 0 Å². The number of rotatable bonds is 19. The third-order valence-corrected chi connectivity index (χ3v) is 16.6. The predicted molar refractivity (Wildman–Crippen MR) is 333 cm³/mol. The fraction of sp³-hybridized carbons (Fsp3) is 0.471. The summed E-state index contributed by atoms with van der Waals surface area (Å²) in [4.78, 5) is 68.8. The number of aliphatic hydroxyl groups is 4. The molecule has 6 aliphatic rings. The van der Waals surface area contributed by atoms with Crippen molar-refractivity contribution < 1.29 is 114 Å². The van der Waals surface area contributed by atoms with Crippen LogP contribution in [0.5, 0.6) is 11.5 Å². The van der Waals surface area contributed by atoms with Gasteiger partial charge in [-0.25, -0.2) is 13.2 Å². The third kappa shape index (κ3) is 20.7. The van der Waals surface area contributed by atoms with Gasteiger partial charge in [0.05, 0.1) is 26.7 Å². The number of halogens is 4. The van der Waals surface area contributed by atoms with Crippen molar-refractivity contribution in [3.63, 3.8) is 0 Å². The lowest BCUT2D eigenvalue weighted by Crippen LogP contribution is -2.57. The Morgan fingerprint density at radius 1 is 0.591 bits per heavy atom. The number of allylic oxidation sites excluding steroid dienone is 9. The fourth-order valence-corrected chi connectivity index (χ4v) is 10.8. The van der Waals surface area contributed by atoms with Gasteiger partial charge >= 0.3 is 23.9 Å². The van der Waals surface area contributed by atoms with Crippen LogP contribution in [0.25, 0.3) is 5.76 Å². The quantitative estimate of drug-likeness (QED) is 0.0217. The second-order valence-corrected chi connectivity index (χ2v) is 23.2. The van der Waals surface area contributed by atoms with Crippen molar-refractivity contribution in [1.82, 2.24) is 0 Å². The first-order valence-corrected chi connectivity index (χ1v) is 31.0. The number of hydrogen-bond acceptors (Lipinski definition) is 21. The molecule has 25 heteroatoms. The lowest BCUT2D eigenvalue weighted by molar-refractivity contribution is -0.279. The number of hydrogen-bond donors (Lipinski definition) is 4. The molecule has 0 spiro atoms. The monoisotopic (exact) mass is 1370 g/mol. The van der Waals surface area contributed by atoms with Crippen molar-refractivity contribution in [1.29, 1.82) is 0 Å². The molecule has 3 fully saturated rings. The van der Waals surface area contributed by atoms with Crippen molar-refractivity contribution in [3.8, 4) is 11.5 Å². The predicted octanol–water partition coefficient (Wildman–Crippen LogP) is 9.17. The Morgan fingerprint density at radius 2 is 1.09 bits per heavy atom. The Hall–Kier alpha value is -7.65. The van der Waals surface area contributed by atoms with E-state index in [2.05, 4.69) is 22.9 Å². The van der Waals surface area contributed by atoms with Gasteiger partial charge in [-0.3, -0.25) is 28.8 Å². The number of benzene rings is 3. The maximum absolute atomic E-state index is 15.0. The van der Waals surface area contributed by atoms with Crippen molar-refractivity contribution in [2.24, 2.45) is 11.8 Å². The summed E-state index contributed by atoms with van der Waals surface area (Å²) in [5.74, 6) is -1.35. The van der Waals surface area contributed by atoms with E-state index >= 15 is 4.39 Å². The lowest BCUT2D eigenvalue weighted by atomic mass is 9.93. The number of esters is 4. The molecule has 3 aliphatic carbocycles. The van der Waals surface area contributed by atoms with Gasteiger partial charge in [0.1, 0.15) is 89.7 Å². The van der Waals surface area contributed by atoms with E-state index in [0.717, 1.165) is 23.3 Å². The molecular weight excluding hydrogens is 1290 g/mol. The normalized spacial score (nSPS) is 28.3. The van der Waals surface area contributed by atoms with E-state index in [-0.39, 0.29) is 42.2 Å². The summed E-state index contributed by atoms with van der Waals surface area (Å²) >= 11 is 3.24. The van der Waals surface area contributed by atoms with Crippen LogP contribution in [0.1, 0.15) is 94.8 Å². The lowest BCUT2D eigenvalue weighted by Gasteiger charge is -2.41. The minimum Gasteiger partial charge on any atom is -0.507 e. The van der Waals surface area contributed by atoms with Gasteiger partial charge in [0.25, 0.3) is 0 Å². The second-order valence-electron chi connectivity index (χ2n) is 22.3. The first kappa shape index (κ1) is 74.4. The number of carbonyl (C=O) groups excluding carboxylic acids is 6. The zero-order valence-electron chi connectivity index (χ0n) is 53.0. The van der Waals surface area contributed by atoms with Crippen LogP contribution < -0.4 is 9.47 Å². The van der Waals surface area contributed by atoms with Gasteiger partial charge in [0.15, 0.2) is 30.1 Å². The van der Waals surface area contributed by atoms with Crippen molar-refractivity contribution in [2.75, 3.05) is 34.0 Å². The van der Waals surface area contributed by atoms with Crippen LogP contribution in [0.4, 0.5) is 13.2 Å². The largest absolute Gasteiger partial charge is 0.507 e. The molecule has 0 bridgehead atoms. The van der Waals surface area contributed by atoms with Gasteiger partial charge in [-0.05, 0) is 103 Å². The Labute approximate surface area is 545 Å². The Bertz CT molecular complexity index is 3230. The second kappa shape index (κ2) is 35.6. The molecule has 0 saturated carbocycles. The molecule has 15 atom stereocenters. The molecule has 21 nitrogen and oxygen atoms in total. The van der Waals surface area contributed by atoms with Crippen LogP contribution in [0.3, 0.4) is 0 Å². The number of methoxy groups -OCH3 is 2. The number of Topliss-reactive ketones (excluding diaryl/α,β-unsaturated/α-hetero) is 1. The average molecular weight is 1370 g/mol. The van der Waals surface area contributed by atoms with Gasteiger partial charge in [0.2, 0.25) is 12.6 Å². The zero-order chi connectivity index (χ0) is 68.2. The topological polar surface area (TPSA) is 285 Å². The Kier molecular flexibility index (Phi) is 28.5. The molecule has 3 aromatic rings. The summed E-state index contributed by atoms with van der Waals surface area (Å²) in [7, 11) is 3.15. The van der Waals surface area contributed by atoms with E-state index in [4.69, 9.17) is 52.1 Å². The molecule has 3 saturated heterocycles. The summed E-state index contributed by atoms with van der Waals surface area (Å²) in [5.41, 5.74) is 5.34. The maximum Gasteiger partial charge on any atom is 0.303 e. The van der Waals surface area contributed by atoms with Gasteiger partial charge in [-0.1, -0.05) is 91.3 Å². The highest BCUT2D eigenvalue weighted by Gasteiger charge is 2.50. The van der Waals surface area contributed by atoms with E-state index < -0.39 is 115 Å². The number of ketones is 2. The molecule has 0 radical (unpaired) electrons. The molecule has 15 unspecified atom stereocenters. The zero-order valence-corrected chi connectivity index (χ0v) is 54.5.